The van der Waals surface area contributed by atoms with Crippen molar-refractivity contribution in [2.75, 3.05) is 19.5 Å². The van der Waals surface area contributed by atoms with E-state index in [0.717, 1.165) is 25.9 Å². The van der Waals surface area contributed by atoms with Gasteiger partial charge >= 0.3 is 5.97 Å². The Hall–Kier alpha value is -1.56. The molecule has 1 fully saturated rings. The minimum Gasteiger partial charge on any atom is -0.464 e. The van der Waals surface area contributed by atoms with E-state index in [4.69, 9.17) is 10.5 Å². The van der Waals surface area contributed by atoms with Crippen molar-refractivity contribution in [1.29, 1.82) is 0 Å². The van der Waals surface area contributed by atoms with E-state index in [0.29, 0.717) is 18.3 Å². The van der Waals surface area contributed by atoms with Gasteiger partial charge in [0.25, 0.3) is 0 Å². The maximum absolute atomic E-state index is 11.3. The van der Waals surface area contributed by atoms with Crippen molar-refractivity contribution in [2.45, 2.75) is 31.9 Å². The van der Waals surface area contributed by atoms with Crippen molar-refractivity contribution < 1.29 is 14.3 Å². The molecule has 0 radical (unpaired) electrons. The van der Waals surface area contributed by atoms with E-state index in [2.05, 4.69) is 9.84 Å². The molecule has 94 valence electrons. The summed E-state index contributed by atoms with van der Waals surface area (Å²) < 4.78 is 11.8. The van der Waals surface area contributed by atoms with Gasteiger partial charge < -0.3 is 15.2 Å². The number of carbonyl (C=O) groups is 1. The van der Waals surface area contributed by atoms with Gasteiger partial charge in [-0.05, 0) is 19.3 Å². The summed E-state index contributed by atoms with van der Waals surface area (Å²) in [6.07, 6.45) is 5.07. The van der Waals surface area contributed by atoms with Crippen LogP contribution in [-0.2, 0) is 16.0 Å². The fourth-order valence-corrected chi connectivity index (χ4v) is 1.95. The molecule has 1 aliphatic heterocycles. The van der Waals surface area contributed by atoms with Gasteiger partial charge in [0, 0.05) is 19.3 Å². The smallest absolute Gasteiger partial charge is 0.360 e. The Labute approximate surface area is 99.7 Å². The summed E-state index contributed by atoms with van der Waals surface area (Å²) in [6, 6.07) is 0. The van der Waals surface area contributed by atoms with Crippen LogP contribution in [-0.4, -0.2) is 35.6 Å². The third-order valence-corrected chi connectivity index (χ3v) is 2.87. The molecule has 1 atom stereocenters. The predicted octanol–water partition coefficient (Wildman–Crippen LogP) is 0.821. The van der Waals surface area contributed by atoms with Crippen LogP contribution in [0.4, 0.5) is 5.69 Å². The topological polar surface area (TPSA) is 79.4 Å². The van der Waals surface area contributed by atoms with E-state index >= 15 is 0 Å². The number of aryl methyl sites for hydroxylation is 1. The zero-order valence-corrected chi connectivity index (χ0v) is 9.89. The van der Waals surface area contributed by atoms with Crippen molar-refractivity contribution in [2.24, 2.45) is 0 Å². The maximum Gasteiger partial charge on any atom is 0.360 e. The molecule has 0 spiro atoms. The Morgan fingerprint density at radius 2 is 2.59 bits per heavy atom. The second kappa shape index (κ2) is 5.18. The van der Waals surface area contributed by atoms with E-state index in [1.807, 2.05) is 0 Å². The number of esters is 1. The molecule has 0 aliphatic carbocycles. The first kappa shape index (κ1) is 11.9. The number of carbonyl (C=O) groups excluding carboxylic acids is 1. The molecule has 6 nitrogen and oxygen atoms in total. The number of nitrogen functional groups attached to an aromatic ring is 1. The third kappa shape index (κ3) is 2.76. The zero-order valence-electron chi connectivity index (χ0n) is 9.89. The third-order valence-electron chi connectivity index (χ3n) is 2.87. The Morgan fingerprint density at radius 1 is 1.76 bits per heavy atom. The van der Waals surface area contributed by atoms with Gasteiger partial charge in [0.15, 0.2) is 5.69 Å². The molecule has 1 aromatic rings. The summed E-state index contributed by atoms with van der Waals surface area (Å²) in [5.41, 5.74) is 6.22. The summed E-state index contributed by atoms with van der Waals surface area (Å²) in [5, 5.41) is 4.10. The lowest BCUT2D eigenvalue weighted by Crippen LogP contribution is -2.11. The van der Waals surface area contributed by atoms with Crippen LogP contribution in [0.5, 0.6) is 0 Å². The van der Waals surface area contributed by atoms with Crippen molar-refractivity contribution in [1.82, 2.24) is 9.78 Å². The van der Waals surface area contributed by atoms with Gasteiger partial charge in [0.05, 0.1) is 18.9 Å². The molecule has 0 aromatic carbocycles. The zero-order chi connectivity index (χ0) is 12.3. The predicted molar refractivity (Wildman–Crippen MR) is 61.6 cm³/mol. The van der Waals surface area contributed by atoms with Gasteiger partial charge in [-0.3, -0.25) is 4.68 Å². The van der Waals surface area contributed by atoms with Crippen molar-refractivity contribution in [3.05, 3.63) is 11.9 Å². The molecule has 1 aliphatic rings. The van der Waals surface area contributed by atoms with Crippen LogP contribution in [0.1, 0.15) is 29.8 Å². The number of rotatable bonds is 4. The number of methoxy groups -OCH3 is 1. The summed E-state index contributed by atoms with van der Waals surface area (Å²) in [7, 11) is 1.31. The van der Waals surface area contributed by atoms with E-state index in [1.54, 1.807) is 10.9 Å². The van der Waals surface area contributed by atoms with Crippen molar-refractivity contribution in [3.63, 3.8) is 0 Å². The number of ether oxygens (including phenoxy) is 2. The number of aromatic nitrogens is 2. The van der Waals surface area contributed by atoms with E-state index < -0.39 is 5.97 Å². The molecule has 0 amide bonds. The van der Waals surface area contributed by atoms with Crippen LogP contribution < -0.4 is 5.73 Å². The molecule has 1 saturated heterocycles. The highest BCUT2D eigenvalue weighted by Crippen LogP contribution is 2.17. The highest BCUT2D eigenvalue weighted by molar-refractivity contribution is 5.92. The molecule has 2 heterocycles. The molecule has 0 saturated carbocycles. The molecule has 2 N–H and O–H groups in total. The lowest BCUT2D eigenvalue weighted by molar-refractivity contribution is 0.0594. The van der Waals surface area contributed by atoms with Gasteiger partial charge in [0.2, 0.25) is 0 Å². The van der Waals surface area contributed by atoms with Gasteiger partial charge in [-0.1, -0.05) is 0 Å². The second-order valence-electron chi connectivity index (χ2n) is 4.11. The monoisotopic (exact) mass is 239 g/mol. The fourth-order valence-electron chi connectivity index (χ4n) is 1.95. The number of hydrogen-bond donors (Lipinski definition) is 1. The minimum atomic E-state index is -0.502. The average Bonchev–Trinajstić information content (AvgIpc) is 2.94. The van der Waals surface area contributed by atoms with E-state index in [-0.39, 0.29) is 5.69 Å². The minimum absolute atomic E-state index is 0.180. The second-order valence-corrected chi connectivity index (χ2v) is 4.11. The molecule has 1 unspecified atom stereocenters. The molecule has 1 aromatic heterocycles. The Bertz CT molecular complexity index is 397. The summed E-state index contributed by atoms with van der Waals surface area (Å²) in [5.74, 6) is -0.502. The first-order valence-electron chi connectivity index (χ1n) is 5.73. The highest BCUT2D eigenvalue weighted by atomic mass is 16.5. The Morgan fingerprint density at radius 3 is 3.24 bits per heavy atom. The number of nitrogens with zero attached hydrogens (tertiary/aromatic N) is 2. The SMILES string of the molecule is COC(=O)c1nn(CCC2CCCO2)cc1N. The maximum atomic E-state index is 11.3. The lowest BCUT2D eigenvalue weighted by Gasteiger charge is -2.08. The fraction of sp³-hybridized carbons (Fsp3) is 0.636. The van der Waals surface area contributed by atoms with Gasteiger partial charge in [-0.25, -0.2) is 4.79 Å². The van der Waals surface area contributed by atoms with Crippen molar-refractivity contribution >= 4 is 11.7 Å². The number of nitrogens with two attached hydrogens (primary N) is 1. The first-order valence-corrected chi connectivity index (χ1v) is 5.73. The summed E-state index contributed by atoms with van der Waals surface area (Å²) in [4.78, 5) is 11.3. The highest BCUT2D eigenvalue weighted by Gasteiger charge is 2.18. The van der Waals surface area contributed by atoms with Crippen molar-refractivity contribution in [3.8, 4) is 0 Å². The van der Waals surface area contributed by atoms with Crippen LogP contribution in [0.15, 0.2) is 6.20 Å². The molecular weight excluding hydrogens is 222 g/mol. The van der Waals surface area contributed by atoms with Crippen LogP contribution >= 0.6 is 0 Å². The normalized spacial score (nSPS) is 19.5. The molecule has 0 bridgehead atoms. The quantitative estimate of drug-likeness (QED) is 0.787. The lowest BCUT2D eigenvalue weighted by atomic mass is 10.2. The van der Waals surface area contributed by atoms with E-state index in [9.17, 15) is 4.79 Å². The summed E-state index contributed by atoms with van der Waals surface area (Å²) in [6.45, 7) is 1.55. The Kier molecular flexibility index (Phi) is 3.63. The molecule has 6 heteroatoms. The molecule has 2 rings (SSSR count). The van der Waals surface area contributed by atoms with Gasteiger partial charge in [-0.2, -0.15) is 5.10 Å². The van der Waals surface area contributed by atoms with Gasteiger partial charge in [-0.15, -0.1) is 0 Å². The largest absolute Gasteiger partial charge is 0.464 e. The van der Waals surface area contributed by atoms with Gasteiger partial charge in [0.1, 0.15) is 0 Å². The van der Waals surface area contributed by atoms with E-state index in [1.165, 1.54) is 7.11 Å². The Balaban J connectivity index is 1.94. The summed E-state index contributed by atoms with van der Waals surface area (Å²) >= 11 is 0. The number of hydrogen-bond acceptors (Lipinski definition) is 5. The number of anilines is 1. The first-order chi connectivity index (χ1) is 8.20. The molecule has 17 heavy (non-hydrogen) atoms. The van der Waals surface area contributed by atoms with Crippen LogP contribution in [0.2, 0.25) is 0 Å². The van der Waals surface area contributed by atoms with Crippen LogP contribution in [0.25, 0.3) is 0 Å². The average molecular weight is 239 g/mol. The van der Waals surface area contributed by atoms with Crippen LogP contribution in [0, 0.1) is 0 Å². The standard InChI is InChI=1S/C11H17N3O3/c1-16-11(15)10-9(12)7-14(13-10)5-4-8-3-2-6-17-8/h7-8H,2-6,12H2,1H3. The molecular formula is C11H17N3O3. The van der Waals surface area contributed by atoms with Crippen LogP contribution in [0.3, 0.4) is 0 Å².